The van der Waals surface area contributed by atoms with Gasteiger partial charge in [0.25, 0.3) is 0 Å². The third-order valence-corrected chi connectivity index (χ3v) is 2.17. The Bertz CT molecular complexity index is 286. The number of methoxy groups -OCH3 is 1. The van der Waals surface area contributed by atoms with Gasteiger partial charge in [0.2, 0.25) is 0 Å². The lowest BCUT2D eigenvalue weighted by molar-refractivity contribution is 0.169. The first kappa shape index (κ1) is 10.4. The third kappa shape index (κ3) is 2.36. The lowest BCUT2D eigenvalue weighted by Crippen LogP contribution is -1.98. The normalized spacial score (nSPS) is 12.6. The average Bonchev–Trinajstić information content (AvgIpc) is 2.16. The van der Waals surface area contributed by atoms with Crippen LogP contribution in [-0.2, 0) is 0 Å². The maximum Gasteiger partial charge on any atom is 0.124 e. The van der Waals surface area contributed by atoms with E-state index in [-0.39, 0.29) is 0 Å². The van der Waals surface area contributed by atoms with Crippen molar-refractivity contribution < 1.29 is 9.84 Å². The van der Waals surface area contributed by atoms with Crippen molar-refractivity contribution in [2.24, 2.45) is 0 Å². The maximum absolute atomic E-state index is 9.63. The largest absolute Gasteiger partial charge is 0.496 e. The number of ether oxygens (including phenoxy) is 1. The van der Waals surface area contributed by atoms with Gasteiger partial charge in [-0.25, -0.2) is 0 Å². The molecule has 1 rings (SSSR count). The molecule has 13 heavy (non-hydrogen) atoms. The zero-order valence-corrected chi connectivity index (χ0v) is 8.51. The van der Waals surface area contributed by atoms with Crippen molar-refractivity contribution in [3.8, 4) is 5.75 Å². The van der Waals surface area contributed by atoms with Crippen molar-refractivity contribution >= 4 is 11.6 Å². The summed E-state index contributed by atoms with van der Waals surface area (Å²) in [7, 11) is 1.58. The van der Waals surface area contributed by atoms with E-state index in [1.807, 2.05) is 6.92 Å². The highest BCUT2D eigenvalue weighted by atomic mass is 35.5. The minimum Gasteiger partial charge on any atom is -0.496 e. The Kier molecular flexibility index (Phi) is 3.58. The van der Waals surface area contributed by atoms with Crippen molar-refractivity contribution in [2.75, 3.05) is 7.11 Å². The summed E-state index contributed by atoms with van der Waals surface area (Å²) in [6.45, 7) is 1.91. The van der Waals surface area contributed by atoms with E-state index in [9.17, 15) is 5.11 Å². The fourth-order valence-corrected chi connectivity index (χ4v) is 1.37. The molecule has 1 aromatic rings. The highest BCUT2D eigenvalue weighted by Crippen LogP contribution is 2.29. The summed E-state index contributed by atoms with van der Waals surface area (Å²) in [6.07, 6.45) is 0.144. The molecule has 0 aliphatic rings. The standard InChI is InChI=1S/C10H13ClO2/c1-3-9(12)8-6-7(11)4-5-10(8)13-2/h4-6,9,12H,3H2,1-2H3/t9-/m0/s1. The van der Waals surface area contributed by atoms with E-state index >= 15 is 0 Å². The van der Waals surface area contributed by atoms with Crippen LogP contribution in [0.15, 0.2) is 18.2 Å². The first-order valence-corrected chi connectivity index (χ1v) is 4.58. The van der Waals surface area contributed by atoms with Gasteiger partial charge in [-0.3, -0.25) is 0 Å². The van der Waals surface area contributed by atoms with Gasteiger partial charge in [0.15, 0.2) is 0 Å². The number of benzene rings is 1. The monoisotopic (exact) mass is 200 g/mol. The fourth-order valence-electron chi connectivity index (χ4n) is 1.19. The molecular formula is C10H13ClO2. The van der Waals surface area contributed by atoms with Gasteiger partial charge in [-0.1, -0.05) is 18.5 Å². The first-order chi connectivity index (χ1) is 6.19. The Balaban J connectivity index is 3.07. The van der Waals surface area contributed by atoms with Crippen LogP contribution in [0.2, 0.25) is 5.02 Å². The second kappa shape index (κ2) is 4.49. The van der Waals surface area contributed by atoms with Crippen LogP contribution in [0, 0.1) is 0 Å². The molecule has 0 unspecified atom stereocenters. The summed E-state index contributed by atoms with van der Waals surface area (Å²) >= 11 is 5.81. The lowest BCUT2D eigenvalue weighted by atomic mass is 10.1. The second-order valence-corrected chi connectivity index (χ2v) is 3.25. The van der Waals surface area contributed by atoms with Crippen LogP contribution in [0.3, 0.4) is 0 Å². The fraction of sp³-hybridized carbons (Fsp3) is 0.400. The van der Waals surface area contributed by atoms with E-state index in [1.54, 1.807) is 25.3 Å². The third-order valence-electron chi connectivity index (χ3n) is 1.94. The average molecular weight is 201 g/mol. The van der Waals surface area contributed by atoms with Crippen LogP contribution >= 0.6 is 11.6 Å². The van der Waals surface area contributed by atoms with E-state index in [0.29, 0.717) is 17.2 Å². The molecule has 0 aliphatic heterocycles. The number of rotatable bonds is 3. The molecule has 1 N–H and O–H groups in total. The van der Waals surface area contributed by atoms with Gasteiger partial charge < -0.3 is 9.84 Å². The highest BCUT2D eigenvalue weighted by Gasteiger charge is 2.11. The van der Waals surface area contributed by atoms with Gasteiger partial charge in [-0.15, -0.1) is 0 Å². The molecule has 0 aromatic heterocycles. The summed E-state index contributed by atoms with van der Waals surface area (Å²) in [5.74, 6) is 0.679. The quantitative estimate of drug-likeness (QED) is 0.813. The maximum atomic E-state index is 9.63. The molecule has 3 heteroatoms. The van der Waals surface area contributed by atoms with Crippen LogP contribution in [0.1, 0.15) is 25.0 Å². The first-order valence-electron chi connectivity index (χ1n) is 4.20. The highest BCUT2D eigenvalue weighted by molar-refractivity contribution is 6.30. The van der Waals surface area contributed by atoms with Gasteiger partial charge in [-0.05, 0) is 24.6 Å². The van der Waals surface area contributed by atoms with Gasteiger partial charge in [0.1, 0.15) is 5.75 Å². The minimum absolute atomic E-state index is 0.506. The zero-order chi connectivity index (χ0) is 9.84. The topological polar surface area (TPSA) is 29.5 Å². The summed E-state index contributed by atoms with van der Waals surface area (Å²) in [5.41, 5.74) is 0.748. The van der Waals surface area contributed by atoms with Gasteiger partial charge in [-0.2, -0.15) is 0 Å². The number of aliphatic hydroxyl groups excluding tert-OH is 1. The summed E-state index contributed by atoms with van der Waals surface area (Å²) in [6, 6.07) is 5.23. The van der Waals surface area contributed by atoms with E-state index in [1.165, 1.54) is 0 Å². The lowest BCUT2D eigenvalue weighted by Gasteiger charge is -2.12. The molecule has 0 aliphatic carbocycles. The van der Waals surface area contributed by atoms with Gasteiger partial charge in [0, 0.05) is 10.6 Å². The van der Waals surface area contributed by atoms with E-state index in [0.717, 1.165) is 5.56 Å². The molecule has 0 saturated carbocycles. The van der Waals surface area contributed by atoms with Crippen molar-refractivity contribution in [3.63, 3.8) is 0 Å². The van der Waals surface area contributed by atoms with Crippen LogP contribution in [0.5, 0.6) is 5.75 Å². The molecule has 0 fully saturated rings. The molecule has 1 aromatic carbocycles. The molecule has 2 nitrogen and oxygen atoms in total. The summed E-state index contributed by atoms with van der Waals surface area (Å²) < 4.78 is 5.10. The van der Waals surface area contributed by atoms with Crippen molar-refractivity contribution in [1.29, 1.82) is 0 Å². The van der Waals surface area contributed by atoms with E-state index in [4.69, 9.17) is 16.3 Å². The molecule has 0 heterocycles. The van der Waals surface area contributed by atoms with Gasteiger partial charge in [0.05, 0.1) is 13.2 Å². The smallest absolute Gasteiger partial charge is 0.124 e. The second-order valence-electron chi connectivity index (χ2n) is 2.81. The summed E-state index contributed by atoms with van der Waals surface area (Å²) in [4.78, 5) is 0. The Labute approximate surface area is 83.1 Å². The van der Waals surface area contributed by atoms with Crippen LogP contribution in [-0.4, -0.2) is 12.2 Å². The Hall–Kier alpha value is -0.730. The molecule has 0 saturated heterocycles. The number of hydrogen-bond acceptors (Lipinski definition) is 2. The Morgan fingerprint density at radius 1 is 1.54 bits per heavy atom. The number of aliphatic hydroxyl groups is 1. The van der Waals surface area contributed by atoms with Gasteiger partial charge >= 0.3 is 0 Å². The minimum atomic E-state index is -0.506. The number of halogens is 1. The molecule has 0 bridgehead atoms. The zero-order valence-electron chi connectivity index (χ0n) is 7.75. The van der Waals surface area contributed by atoms with Crippen molar-refractivity contribution in [1.82, 2.24) is 0 Å². The van der Waals surface area contributed by atoms with Crippen molar-refractivity contribution in [3.05, 3.63) is 28.8 Å². The van der Waals surface area contributed by atoms with E-state index < -0.39 is 6.10 Å². The molecule has 1 atom stereocenters. The van der Waals surface area contributed by atoms with Crippen LogP contribution < -0.4 is 4.74 Å². The van der Waals surface area contributed by atoms with Crippen molar-refractivity contribution in [2.45, 2.75) is 19.4 Å². The predicted octanol–water partition coefficient (Wildman–Crippen LogP) is 2.79. The molecule has 0 radical (unpaired) electrons. The SMILES string of the molecule is CC[C@H](O)c1cc(Cl)ccc1OC. The van der Waals surface area contributed by atoms with E-state index in [2.05, 4.69) is 0 Å². The van der Waals surface area contributed by atoms with Crippen LogP contribution in [0.4, 0.5) is 0 Å². The number of hydrogen-bond donors (Lipinski definition) is 1. The molecular weight excluding hydrogens is 188 g/mol. The van der Waals surface area contributed by atoms with Crippen LogP contribution in [0.25, 0.3) is 0 Å². The molecule has 0 amide bonds. The molecule has 72 valence electrons. The Morgan fingerprint density at radius 3 is 2.77 bits per heavy atom. The predicted molar refractivity (Wildman–Crippen MR) is 53.3 cm³/mol. The summed E-state index contributed by atoms with van der Waals surface area (Å²) in [5, 5.41) is 10.2. The Morgan fingerprint density at radius 2 is 2.23 bits per heavy atom. The molecule has 0 spiro atoms.